The van der Waals surface area contributed by atoms with Gasteiger partial charge < -0.3 is 10.6 Å². The molecular formula is C17H22N2. The molecule has 2 heteroatoms. The highest BCUT2D eigenvalue weighted by Gasteiger charge is 2.13. The van der Waals surface area contributed by atoms with E-state index in [-0.39, 0.29) is 0 Å². The van der Waals surface area contributed by atoms with Crippen LogP contribution in [0, 0.1) is 27.7 Å². The lowest BCUT2D eigenvalue weighted by atomic mass is 10.0. The molecule has 0 aliphatic heterocycles. The first-order valence-electron chi connectivity index (χ1n) is 6.58. The SMILES string of the molecule is Cc1cc(C)c(N(C)c2c(C)cccc2N)cc1C. The molecule has 2 aromatic carbocycles. The second-order valence-corrected chi connectivity index (χ2v) is 5.29. The third kappa shape index (κ3) is 2.43. The van der Waals surface area contributed by atoms with E-state index >= 15 is 0 Å². The molecule has 0 saturated heterocycles. The predicted molar refractivity (Wildman–Crippen MR) is 84.3 cm³/mol. The maximum atomic E-state index is 6.14. The number of para-hydroxylation sites is 1. The van der Waals surface area contributed by atoms with Gasteiger partial charge in [0, 0.05) is 12.7 Å². The van der Waals surface area contributed by atoms with E-state index in [0.717, 1.165) is 11.4 Å². The summed E-state index contributed by atoms with van der Waals surface area (Å²) in [5.74, 6) is 0. The van der Waals surface area contributed by atoms with Crippen LogP contribution in [0.4, 0.5) is 17.1 Å². The first kappa shape index (κ1) is 13.5. The zero-order valence-corrected chi connectivity index (χ0v) is 12.4. The average Bonchev–Trinajstić information content (AvgIpc) is 2.33. The fourth-order valence-corrected chi connectivity index (χ4v) is 2.57. The molecule has 2 rings (SSSR count). The first-order valence-corrected chi connectivity index (χ1v) is 6.58. The minimum absolute atomic E-state index is 0.820. The third-order valence-electron chi connectivity index (χ3n) is 3.78. The Bertz CT molecular complexity index is 595. The monoisotopic (exact) mass is 254 g/mol. The molecule has 0 aliphatic carbocycles. The van der Waals surface area contributed by atoms with E-state index in [1.807, 2.05) is 12.1 Å². The van der Waals surface area contributed by atoms with Crippen LogP contribution in [0.5, 0.6) is 0 Å². The number of nitrogens with zero attached hydrogens (tertiary/aromatic N) is 1. The fourth-order valence-electron chi connectivity index (χ4n) is 2.57. The topological polar surface area (TPSA) is 29.3 Å². The van der Waals surface area contributed by atoms with Gasteiger partial charge in [-0.25, -0.2) is 0 Å². The zero-order chi connectivity index (χ0) is 14.2. The van der Waals surface area contributed by atoms with E-state index in [1.54, 1.807) is 0 Å². The molecule has 2 N–H and O–H groups in total. The van der Waals surface area contributed by atoms with E-state index in [9.17, 15) is 0 Å². The van der Waals surface area contributed by atoms with E-state index in [0.29, 0.717) is 0 Å². The summed E-state index contributed by atoms with van der Waals surface area (Å²) in [5, 5.41) is 0. The van der Waals surface area contributed by atoms with E-state index in [4.69, 9.17) is 5.73 Å². The van der Waals surface area contributed by atoms with Crippen molar-refractivity contribution in [3.8, 4) is 0 Å². The minimum Gasteiger partial charge on any atom is -0.397 e. The number of nitrogens with two attached hydrogens (primary N) is 1. The molecule has 0 aliphatic rings. The van der Waals surface area contributed by atoms with Gasteiger partial charge in [0.25, 0.3) is 0 Å². The lowest BCUT2D eigenvalue weighted by Crippen LogP contribution is -2.14. The molecule has 0 fully saturated rings. The largest absolute Gasteiger partial charge is 0.397 e. The summed E-state index contributed by atoms with van der Waals surface area (Å²) in [7, 11) is 2.08. The van der Waals surface area contributed by atoms with Gasteiger partial charge in [-0.15, -0.1) is 0 Å². The molecule has 0 saturated carbocycles. The molecular weight excluding hydrogens is 232 g/mol. The smallest absolute Gasteiger partial charge is 0.0671 e. The quantitative estimate of drug-likeness (QED) is 0.811. The highest BCUT2D eigenvalue weighted by Crippen LogP contribution is 2.34. The maximum absolute atomic E-state index is 6.14. The van der Waals surface area contributed by atoms with E-state index < -0.39 is 0 Å². The van der Waals surface area contributed by atoms with Gasteiger partial charge in [-0.1, -0.05) is 18.2 Å². The van der Waals surface area contributed by atoms with Crippen LogP contribution in [0.25, 0.3) is 0 Å². The molecule has 100 valence electrons. The van der Waals surface area contributed by atoms with Gasteiger partial charge in [0.05, 0.1) is 11.4 Å². The van der Waals surface area contributed by atoms with Crippen LogP contribution in [0.1, 0.15) is 22.3 Å². The van der Waals surface area contributed by atoms with Crippen molar-refractivity contribution >= 4 is 17.1 Å². The van der Waals surface area contributed by atoms with Gasteiger partial charge in [0.1, 0.15) is 0 Å². The van der Waals surface area contributed by atoms with Gasteiger partial charge in [-0.05, 0) is 62.1 Å². The second-order valence-electron chi connectivity index (χ2n) is 5.29. The third-order valence-corrected chi connectivity index (χ3v) is 3.78. The van der Waals surface area contributed by atoms with Crippen molar-refractivity contribution in [2.24, 2.45) is 0 Å². The van der Waals surface area contributed by atoms with Crippen LogP contribution in [-0.2, 0) is 0 Å². The standard InChI is InChI=1S/C17H22N2/c1-11-7-6-8-15(18)17(11)19(5)16-10-13(3)12(2)9-14(16)4/h6-10H,18H2,1-5H3. The fraction of sp³-hybridized carbons (Fsp3) is 0.294. The Morgan fingerprint density at radius 1 is 0.842 bits per heavy atom. The molecule has 2 aromatic rings. The van der Waals surface area contributed by atoms with Gasteiger partial charge in [0.2, 0.25) is 0 Å². The number of hydrogen-bond acceptors (Lipinski definition) is 2. The van der Waals surface area contributed by atoms with Crippen molar-refractivity contribution in [3.05, 3.63) is 52.6 Å². The minimum atomic E-state index is 0.820. The van der Waals surface area contributed by atoms with Gasteiger partial charge >= 0.3 is 0 Å². The number of aryl methyl sites for hydroxylation is 4. The van der Waals surface area contributed by atoms with Crippen LogP contribution in [-0.4, -0.2) is 7.05 Å². The van der Waals surface area contributed by atoms with Crippen molar-refractivity contribution in [2.45, 2.75) is 27.7 Å². The Labute approximate surface area is 115 Å². The van der Waals surface area contributed by atoms with E-state index in [1.165, 1.54) is 27.9 Å². The molecule has 0 radical (unpaired) electrons. The molecule has 0 atom stereocenters. The maximum Gasteiger partial charge on any atom is 0.0671 e. The summed E-state index contributed by atoms with van der Waals surface area (Å²) in [6, 6.07) is 10.5. The number of rotatable bonds is 2. The summed E-state index contributed by atoms with van der Waals surface area (Å²) in [6.07, 6.45) is 0. The van der Waals surface area contributed by atoms with Gasteiger partial charge in [-0.2, -0.15) is 0 Å². The summed E-state index contributed by atoms with van der Waals surface area (Å²) < 4.78 is 0. The lowest BCUT2D eigenvalue weighted by Gasteiger charge is -2.26. The van der Waals surface area contributed by atoms with Crippen LogP contribution in [0.2, 0.25) is 0 Å². The number of anilines is 3. The van der Waals surface area contributed by atoms with Crippen molar-refractivity contribution in [2.75, 3.05) is 17.7 Å². The van der Waals surface area contributed by atoms with Crippen molar-refractivity contribution in [1.29, 1.82) is 0 Å². The first-order chi connectivity index (χ1) is 8.91. The number of nitrogen functional groups attached to an aromatic ring is 1. The highest BCUT2D eigenvalue weighted by molar-refractivity contribution is 5.78. The molecule has 0 unspecified atom stereocenters. The molecule has 0 spiro atoms. The number of benzene rings is 2. The zero-order valence-electron chi connectivity index (χ0n) is 12.4. The van der Waals surface area contributed by atoms with Crippen molar-refractivity contribution < 1.29 is 0 Å². The summed E-state index contributed by atoms with van der Waals surface area (Å²) in [4.78, 5) is 2.19. The molecule has 19 heavy (non-hydrogen) atoms. The highest BCUT2D eigenvalue weighted by atomic mass is 15.1. The Morgan fingerprint density at radius 3 is 2.11 bits per heavy atom. The Balaban J connectivity index is 2.56. The molecule has 0 bridgehead atoms. The van der Waals surface area contributed by atoms with Crippen molar-refractivity contribution in [1.82, 2.24) is 0 Å². The van der Waals surface area contributed by atoms with Gasteiger partial charge in [-0.3, -0.25) is 0 Å². The lowest BCUT2D eigenvalue weighted by molar-refractivity contribution is 1.15. The van der Waals surface area contributed by atoms with Crippen molar-refractivity contribution in [3.63, 3.8) is 0 Å². The van der Waals surface area contributed by atoms with Gasteiger partial charge in [0.15, 0.2) is 0 Å². The van der Waals surface area contributed by atoms with Crippen LogP contribution >= 0.6 is 0 Å². The molecule has 2 nitrogen and oxygen atoms in total. The Kier molecular flexibility index (Phi) is 3.52. The molecule has 0 aromatic heterocycles. The van der Waals surface area contributed by atoms with Crippen LogP contribution < -0.4 is 10.6 Å². The molecule has 0 heterocycles. The van der Waals surface area contributed by atoms with Crippen LogP contribution in [0.15, 0.2) is 30.3 Å². The number of hydrogen-bond donors (Lipinski definition) is 1. The predicted octanol–water partition coefficient (Wildman–Crippen LogP) is 4.27. The Morgan fingerprint density at radius 2 is 1.47 bits per heavy atom. The Hall–Kier alpha value is -1.96. The summed E-state index contributed by atoms with van der Waals surface area (Å²) in [6.45, 7) is 8.53. The summed E-state index contributed by atoms with van der Waals surface area (Å²) >= 11 is 0. The van der Waals surface area contributed by atoms with Crippen LogP contribution in [0.3, 0.4) is 0 Å². The van der Waals surface area contributed by atoms with E-state index in [2.05, 4.69) is 57.8 Å². The normalized spacial score (nSPS) is 10.6. The molecule has 0 amide bonds. The second kappa shape index (κ2) is 4.96. The summed E-state index contributed by atoms with van der Waals surface area (Å²) in [5.41, 5.74) is 14.4. The average molecular weight is 254 g/mol.